The third kappa shape index (κ3) is 2.57. The van der Waals surface area contributed by atoms with E-state index >= 15 is 0 Å². The lowest BCUT2D eigenvalue weighted by molar-refractivity contribution is -0.155. The lowest BCUT2D eigenvalue weighted by Gasteiger charge is -2.55. The van der Waals surface area contributed by atoms with Crippen molar-refractivity contribution in [2.45, 2.75) is 21.1 Å². The number of amides is 2. The first-order valence-electron chi connectivity index (χ1n) is 11.0. The van der Waals surface area contributed by atoms with E-state index in [9.17, 15) is 19.5 Å². The molecule has 2 amide bonds. The minimum Gasteiger partial charge on any atom is -0.480 e. The van der Waals surface area contributed by atoms with Crippen LogP contribution in [0.2, 0.25) is 0 Å². The van der Waals surface area contributed by atoms with E-state index in [0.717, 1.165) is 32.7 Å². The molecule has 1 aliphatic heterocycles. The minimum atomic E-state index is -1.29. The van der Waals surface area contributed by atoms with Crippen molar-refractivity contribution in [1.29, 1.82) is 0 Å². The Morgan fingerprint density at radius 1 is 0.765 bits per heavy atom. The van der Waals surface area contributed by atoms with Crippen LogP contribution in [0, 0.1) is 11.8 Å². The van der Waals surface area contributed by atoms with E-state index in [2.05, 4.69) is 31.9 Å². The van der Waals surface area contributed by atoms with Gasteiger partial charge in [0.15, 0.2) is 0 Å². The van der Waals surface area contributed by atoms with Gasteiger partial charge in [-0.05, 0) is 27.8 Å². The van der Waals surface area contributed by atoms with Gasteiger partial charge in [0.2, 0.25) is 11.8 Å². The third-order valence-electron chi connectivity index (χ3n) is 7.49. The highest BCUT2D eigenvalue weighted by Crippen LogP contribution is 2.70. The summed E-state index contributed by atoms with van der Waals surface area (Å²) in [6, 6.07) is 23.4. The minimum absolute atomic E-state index is 0.0531. The highest BCUT2D eigenvalue weighted by molar-refractivity contribution is 9.10. The summed E-state index contributed by atoms with van der Waals surface area (Å²) in [5.74, 6) is -3.66. The van der Waals surface area contributed by atoms with E-state index in [0.29, 0.717) is 0 Å². The highest BCUT2D eigenvalue weighted by Gasteiger charge is 2.73. The van der Waals surface area contributed by atoms with Crippen LogP contribution >= 0.6 is 31.9 Å². The van der Waals surface area contributed by atoms with Gasteiger partial charge in [-0.15, -0.1) is 0 Å². The Morgan fingerprint density at radius 3 is 1.53 bits per heavy atom. The summed E-state index contributed by atoms with van der Waals surface area (Å²) in [5.41, 5.74) is 4.44. The lowest BCUT2D eigenvalue weighted by atomic mass is 9.54. The number of hydrogen-bond acceptors (Lipinski definition) is 3. The molecule has 2 bridgehead atoms. The van der Waals surface area contributed by atoms with Gasteiger partial charge in [-0.25, -0.2) is 4.79 Å². The summed E-state index contributed by atoms with van der Waals surface area (Å²) in [6.07, 6.45) is 0.0531. The van der Waals surface area contributed by atoms with Crippen molar-refractivity contribution in [3.63, 3.8) is 0 Å². The maximum atomic E-state index is 14.0. The Bertz CT molecular complexity index is 1250. The molecule has 7 heteroatoms. The van der Waals surface area contributed by atoms with Crippen molar-refractivity contribution in [3.8, 4) is 0 Å². The van der Waals surface area contributed by atoms with Gasteiger partial charge in [0.05, 0.1) is 20.5 Å². The number of halogens is 2. The number of imide groups is 1. The van der Waals surface area contributed by atoms with Crippen LogP contribution in [0.5, 0.6) is 0 Å². The van der Waals surface area contributed by atoms with Crippen molar-refractivity contribution in [3.05, 3.63) is 107 Å². The number of alkyl halides is 2. The zero-order chi connectivity index (χ0) is 23.8. The molecular formula is C27H19Br2NO4. The van der Waals surface area contributed by atoms with E-state index < -0.39 is 44.3 Å². The van der Waals surface area contributed by atoms with Gasteiger partial charge < -0.3 is 5.11 Å². The zero-order valence-electron chi connectivity index (χ0n) is 17.8. The zero-order valence-corrected chi connectivity index (χ0v) is 21.0. The first-order chi connectivity index (χ1) is 16.3. The number of carboxylic acids is 1. The van der Waals surface area contributed by atoms with Gasteiger partial charge in [0.1, 0.15) is 6.04 Å². The average molecular weight is 581 g/mol. The molecule has 4 aliphatic rings. The fourth-order valence-electron chi connectivity index (χ4n) is 6.12. The number of benzene rings is 3. The van der Waals surface area contributed by atoms with Crippen LogP contribution in [0.3, 0.4) is 0 Å². The molecule has 1 fully saturated rings. The molecule has 3 aromatic rings. The Hall–Kier alpha value is -2.77. The molecule has 0 aromatic heterocycles. The molecule has 1 saturated heterocycles. The van der Waals surface area contributed by atoms with Gasteiger partial charge in [0, 0.05) is 6.42 Å². The smallest absolute Gasteiger partial charge is 0.327 e. The molecule has 3 aromatic carbocycles. The number of aliphatic carboxylic acids is 1. The van der Waals surface area contributed by atoms with E-state index in [1.54, 1.807) is 12.1 Å². The predicted octanol–water partition coefficient (Wildman–Crippen LogP) is 4.59. The van der Waals surface area contributed by atoms with Crippen LogP contribution in [0.25, 0.3) is 0 Å². The van der Waals surface area contributed by atoms with Crippen LogP contribution in [0.15, 0.2) is 78.9 Å². The molecule has 3 atom stereocenters. The van der Waals surface area contributed by atoms with E-state index in [1.165, 1.54) is 0 Å². The first kappa shape index (κ1) is 21.7. The molecule has 5 nitrogen and oxygen atoms in total. The largest absolute Gasteiger partial charge is 0.480 e. The highest BCUT2D eigenvalue weighted by atomic mass is 79.9. The predicted molar refractivity (Wildman–Crippen MR) is 133 cm³/mol. The second-order valence-corrected chi connectivity index (χ2v) is 11.6. The number of hydrogen-bond donors (Lipinski definition) is 1. The normalized spacial score (nSPS) is 29.4. The summed E-state index contributed by atoms with van der Waals surface area (Å²) in [6.45, 7) is 0. The molecular weight excluding hydrogens is 562 g/mol. The van der Waals surface area contributed by atoms with Crippen molar-refractivity contribution in [2.75, 3.05) is 0 Å². The van der Waals surface area contributed by atoms with Crippen molar-refractivity contribution in [1.82, 2.24) is 4.90 Å². The Labute approximate surface area is 213 Å². The van der Waals surface area contributed by atoms with E-state index in [4.69, 9.17) is 0 Å². The molecule has 0 radical (unpaired) electrons. The van der Waals surface area contributed by atoms with Gasteiger partial charge in [0.25, 0.3) is 0 Å². The quantitative estimate of drug-likeness (QED) is 0.362. The number of carbonyl (C=O) groups is 3. The second kappa shape index (κ2) is 7.36. The summed E-state index contributed by atoms with van der Waals surface area (Å²) in [5, 5.41) is 10.1. The summed E-state index contributed by atoms with van der Waals surface area (Å²) >= 11 is 7.88. The first-order valence-corrected chi connectivity index (χ1v) is 12.6. The summed E-state index contributed by atoms with van der Waals surface area (Å²) in [7, 11) is 0. The fourth-order valence-corrected chi connectivity index (χ4v) is 8.43. The lowest BCUT2D eigenvalue weighted by Crippen LogP contribution is -2.56. The molecule has 34 heavy (non-hydrogen) atoms. The number of likely N-dealkylation sites (tertiary alicyclic amines) is 1. The SMILES string of the molecule is O=C(O)[C@H](Cc1ccccc1)N1C(=O)[C@H]2[C@H](C1=O)C1(Br)c3ccccc3C2(Br)c2ccccc21. The number of carboxylic acid groups (broad SMARTS) is 1. The van der Waals surface area contributed by atoms with Crippen molar-refractivity contribution >= 4 is 49.6 Å². The van der Waals surface area contributed by atoms with E-state index in [-0.39, 0.29) is 6.42 Å². The van der Waals surface area contributed by atoms with Crippen LogP contribution in [-0.4, -0.2) is 33.8 Å². The van der Waals surface area contributed by atoms with Crippen LogP contribution in [0.4, 0.5) is 0 Å². The van der Waals surface area contributed by atoms with E-state index in [1.807, 2.05) is 66.7 Å². The molecule has 3 aliphatic carbocycles. The molecule has 1 N–H and O–H groups in total. The monoisotopic (exact) mass is 579 g/mol. The number of rotatable bonds is 4. The topological polar surface area (TPSA) is 74.7 Å². The Kier molecular flexibility index (Phi) is 4.71. The van der Waals surface area contributed by atoms with Gasteiger partial charge in [-0.3, -0.25) is 14.5 Å². The van der Waals surface area contributed by atoms with Crippen LogP contribution < -0.4 is 0 Å². The second-order valence-electron chi connectivity index (χ2n) is 9.06. The van der Waals surface area contributed by atoms with Gasteiger partial charge in [-0.1, -0.05) is 111 Å². The number of nitrogens with zero attached hydrogens (tertiary/aromatic N) is 1. The van der Waals surface area contributed by atoms with Gasteiger partial charge in [-0.2, -0.15) is 0 Å². The maximum absolute atomic E-state index is 14.0. The number of carbonyl (C=O) groups excluding carboxylic acids is 2. The summed E-state index contributed by atoms with van der Waals surface area (Å²) in [4.78, 5) is 41.5. The molecule has 0 unspecified atom stereocenters. The van der Waals surface area contributed by atoms with Crippen molar-refractivity contribution < 1.29 is 19.5 Å². The molecule has 1 heterocycles. The molecule has 7 rings (SSSR count). The standard InChI is InChI=1S/C27H19Br2NO4/c28-26-16-10-4-5-11-17(16)27(29,19-13-7-6-12-18(19)26)22-21(26)23(31)30(24(22)32)20(25(33)34)14-15-8-2-1-3-9-15/h1-13,20-22H,14H2,(H,33,34)/t20-,21+,22+,26?,27?/m0/s1. The molecule has 0 saturated carbocycles. The van der Waals surface area contributed by atoms with Crippen LogP contribution in [0.1, 0.15) is 27.8 Å². The summed E-state index contributed by atoms with van der Waals surface area (Å²) < 4.78 is -1.87. The third-order valence-corrected chi connectivity index (χ3v) is 10.2. The van der Waals surface area contributed by atoms with Crippen molar-refractivity contribution in [2.24, 2.45) is 11.8 Å². The Balaban J connectivity index is 1.55. The van der Waals surface area contributed by atoms with Gasteiger partial charge >= 0.3 is 5.97 Å². The molecule has 0 spiro atoms. The Morgan fingerprint density at radius 2 is 1.15 bits per heavy atom. The fraction of sp³-hybridized carbons (Fsp3) is 0.222. The maximum Gasteiger partial charge on any atom is 0.327 e. The van der Waals surface area contributed by atoms with Crippen LogP contribution in [-0.2, 0) is 29.5 Å². The molecule has 170 valence electrons. The average Bonchev–Trinajstić information content (AvgIpc) is 3.12.